The predicted octanol–water partition coefficient (Wildman–Crippen LogP) is 0.864. The van der Waals surface area contributed by atoms with Crippen molar-refractivity contribution in [2.45, 2.75) is 19.3 Å². The molecule has 0 bridgehead atoms. The lowest BCUT2D eigenvalue weighted by Gasteiger charge is -2.28. The normalized spacial score (nSPS) is 19.2. The average molecular weight is 278 g/mol. The Kier molecular flexibility index (Phi) is 3.63. The quantitative estimate of drug-likeness (QED) is 0.800. The summed E-state index contributed by atoms with van der Waals surface area (Å²) < 4.78 is 5.34. The Hall–Kier alpha value is -1.24. The molecule has 6 heteroatoms. The summed E-state index contributed by atoms with van der Waals surface area (Å²) in [5, 5.41) is 2.11. The van der Waals surface area contributed by atoms with E-state index in [0.29, 0.717) is 4.99 Å². The Morgan fingerprint density at radius 1 is 1.37 bits per heavy atom. The van der Waals surface area contributed by atoms with E-state index in [1.165, 1.54) is 17.7 Å². The molecule has 19 heavy (non-hydrogen) atoms. The Labute approximate surface area is 118 Å². The van der Waals surface area contributed by atoms with Crippen LogP contribution in [0.25, 0.3) is 0 Å². The van der Waals surface area contributed by atoms with Gasteiger partial charge in [-0.1, -0.05) is 12.2 Å². The van der Waals surface area contributed by atoms with Gasteiger partial charge in [0.05, 0.1) is 18.8 Å². The minimum absolute atomic E-state index is 0.401. The van der Waals surface area contributed by atoms with Crippen LogP contribution in [0, 0.1) is 0 Å². The fourth-order valence-corrected chi connectivity index (χ4v) is 2.73. The highest BCUT2D eigenvalue weighted by atomic mass is 32.1. The van der Waals surface area contributed by atoms with Crippen LogP contribution in [0.5, 0.6) is 0 Å². The van der Waals surface area contributed by atoms with Crippen molar-refractivity contribution in [1.82, 2.24) is 9.99 Å². The molecule has 0 unspecified atom stereocenters. The molecular formula is C13H18N4OS. The summed E-state index contributed by atoms with van der Waals surface area (Å²) in [4.78, 5) is 5.11. The molecule has 1 fully saturated rings. The van der Waals surface area contributed by atoms with Crippen molar-refractivity contribution in [2.24, 2.45) is 5.73 Å². The van der Waals surface area contributed by atoms with Gasteiger partial charge in [0.2, 0.25) is 0 Å². The summed E-state index contributed by atoms with van der Waals surface area (Å²) in [5.41, 5.74) is 12.5. The first kappa shape index (κ1) is 12.8. The maximum Gasteiger partial charge on any atom is 0.150 e. The third kappa shape index (κ3) is 2.70. The van der Waals surface area contributed by atoms with Crippen LogP contribution in [0.2, 0.25) is 0 Å². The number of hydrogen-bond acceptors (Lipinski definition) is 5. The Bertz CT molecular complexity index is 500. The SMILES string of the molecule is NC(=S)c1cc2c(nc1NN1CCOCC1)CCC2. The number of ether oxygens (including phenoxy) is 1. The number of aryl methyl sites for hydroxylation is 2. The van der Waals surface area contributed by atoms with Crippen LogP contribution in [0.1, 0.15) is 23.2 Å². The van der Waals surface area contributed by atoms with E-state index in [4.69, 9.17) is 27.7 Å². The van der Waals surface area contributed by atoms with Gasteiger partial charge in [0.15, 0.2) is 5.82 Å². The number of nitrogens with two attached hydrogens (primary N) is 1. The number of anilines is 1. The second-order valence-corrected chi connectivity index (χ2v) is 5.36. The number of rotatable bonds is 3. The molecule has 0 aromatic carbocycles. The molecule has 3 N–H and O–H groups in total. The van der Waals surface area contributed by atoms with Crippen LogP contribution < -0.4 is 11.2 Å². The Morgan fingerprint density at radius 2 is 2.16 bits per heavy atom. The second kappa shape index (κ2) is 5.40. The Balaban J connectivity index is 1.87. The summed E-state index contributed by atoms with van der Waals surface area (Å²) in [6.45, 7) is 3.16. The molecule has 1 aliphatic heterocycles. The molecule has 1 saturated heterocycles. The van der Waals surface area contributed by atoms with E-state index >= 15 is 0 Å². The van der Waals surface area contributed by atoms with E-state index in [0.717, 1.165) is 50.5 Å². The molecule has 2 heterocycles. The summed E-state index contributed by atoms with van der Waals surface area (Å²) in [6, 6.07) is 2.10. The van der Waals surface area contributed by atoms with Crippen molar-refractivity contribution in [1.29, 1.82) is 0 Å². The van der Waals surface area contributed by atoms with Gasteiger partial charge in [0, 0.05) is 18.8 Å². The van der Waals surface area contributed by atoms with Crippen LogP contribution in [-0.4, -0.2) is 41.3 Å². The second-order valence-electron chi connectivity index (χ2n) is 4.92. The van der Waals surface area contributed by atoms with Gasteiger partial charge >= 0.3 is 0 Å². The highest BCUT2D eigenvalue weighted by Crippen LogP contribution is 2.25. The van der Waals surface area contributed by atoms with Crippen LogP contribution in [0.3, 0.4) is 0 Å². The van der Waals surface area contributed by atoms with Crippen molar-refractivity contribution < 1.29 is 4.74 Å². The first-order chi connectivity index (χ1) is 9.24. The van der Waals surface area contributed by atoms with Crippen molar-refractivity contribution in [3.05, 3.63) is 22.9 Å². The highest BCUT2D eigenvalue weighted by Gasteiger charge is 2.19. The molecule has 0 spiro atoms. The van der Waals surface area contributed by atoms with E-state index in [2.05, 4.69) is 16.5 Å². The molecule has 5 nitrogen and oxygen atoms in total. The van der Waals surface area contributed by atoms with Gasteiger partial charge in [-0.25, -0.2) is 9.99 Å². The standard InChI is InChI=1S/C13H18N4OS/c14-12(19)10-8-9-2-1-3-11(9)15-13(10)16-17-4-6-18-7-5-17/h8H,1-7H2,(H2,14,19)(H,15,16). The van der Waals surface area contributed by atoms with Crippen molar-refractivity contribution in [3.8, 4) is 0 Å². The largest absolute Gasteiger partial charge is 0.389 e. The van der Waals surface area contributed by atoms with E-state index in [9.17, 15) is 0 Å². The summed E-state index contributed by atoms with van der Waals surface area (Å²) >= 11 is 5.14. The van der Waals surface area contributed by atoms with Gasteiger partial charge in [0.1, 0.15) is 4.99 Å². The first-order valence-electron chi connectivity index (χ1n) is 6.66. The molecule has 1 aromatic heterocycles. The number of nitrogens with zero attached hydrogens (tertiary/aromatic N) is 2. The van der Waals surface area contributed by atoms with E-state index in [-0.39, 0.29) is 0 Å². The lowest BCUT2D eigenvalue weighted by molar-refractivity contribution is 0.0495. The van der Waals surface area contributed by atoms with E-state index in [1.54, 1.807) is 0 Å². The number of nitrogens with one attached hydrogen (secondary N) is 1. The lowest BCUT2D eigenvalue weighted by atomic mass is 10.1. The number of fused-ring (bicyclic) bond motifs is 1. The zero-order valence-corrected chi connectivity index (χ0v) is 11.6. The van der Waals surface area contributed by atoms with Gasteiger partial charge < -0.3 is 15.9 Å². The number of hydrazine groups is 1. The monoisotopic (exact) mass is 278 g/mol. The molecule has 1 aromatic rings. The molecular weight excluding hydrogens is 260 g/mol. The zero-order chi connectivity index (χ0) is 13.2. The van der Waals surface area contributed by atoms with Crippen LogP contribution in [0.4, 0.5) is 5.82 Å². The molecule has 0 amide bonds. The molecule has 2 aliphatic rings. The lowest BCUT2D eigenvalue weighted by Crippen LogP contribution is -2.41. The number of morpholine rings is 1. The average Bonchev–Trinajstić information content (AvgIpc) is 2.86. The van der Waals surface area contributed by atoms with Gasteiger partial charge in [-0.05, 0) is 30.9 Å². The number of pyridine rings is 1. The van der Waals surface area contributed by atoms with Gasteiger partial charge in [-0.15, -0.1) is 0 Å². The summed E-state index contributed by atoms with van der Waals surface area (Å²) in [7, 11) is 0. The molecule has 0 saturated carbocycles. The van der Waals surface area contributed by atoms with Gasteiger partial charge in [-0.2, -0.15) is 0 Å². The van der Waals surface area contributed by atoms with Crippen LogP contribution in [-0.2, 0) is 17.6 Å². The molecule has 1 aliphatic carbocycles. The molecule has 102 valence electrons. The number of aromatic nitrogens is 1. The zero-order valence-electron chi connectivity index (χ0n) is 10.8. The number of thiocarbonyl (C=S) groups is 1. The predicted molar refractivity (Wildman–Crippen MR) is 78.2 cm³/mol. The topological polar surface area (TPSA) is 63.4 Å². The molecule has 0 radical (unpaired) electrons. The maximum absolute atomic E-state index is 5.82. The van der Waals surface area contributed by atoms with Crippen molar-refractivity contribution in [2.75, 3.05) is 31.7 Å². The highest BCUT2D eigenvalue weighted by molar-refractivity contribution is 7.80. The van der Waals surface area contributed by atoms with Gasteiger partial charge in [-0.3, -0.25) is 0 Å². The number of hydrogen-bond donors (Lipinski definition) is 2. The first-order valence-corrected chi connectivity index (χ1v) is 7.07. The third-order valence-corrected chi connectivity index (χ3v) is 3.81. The molecule has 0 atom stereocenters. The van der Waals surface area contributed by atoms with Crippen LogP contribution in [0.15, 0.2) is 6.07 Å². The van der Waals surface area contributed by atoms with Crippen molar-refractivity contribution in [3.63, 3.8) is 0 Å². The van der Waals surface area contributed by atoms with Crippen molar-refractivity contribution >= 4 is 23.0 Å². The third-order valence-electron chi connectivity index (χ3n) is 3.59. The fraction of sp³-hybridized carbons (Fsp3) is 0.538. The smallest absolute Gasteiger partial charge is 0.150 e. The van der Waals surface area contributed by atoms with E-state index < -0.39 is 0 Å². The van der Waals surface area contributed by atoms with Gasteiger partial charge in [0.25, 0.3) is 0 Å². The fourth-order valence-electron chi connectivity index (χ4n) is 2.57. The Morgan fingerprint density at radius 3 is 2.89 bits per heavy atom. The summed E-state index contributed by atoms with van der Waals surface area (Å²) in [5.74, 6) is 0.787. The maximum atomic E-state index is 5.82. The van der Waals surface area contributed by atoms with E-state index in [1.807, 2.05) is 0 Å². The van der Waals surface area contributed by atoms with Crippen LogP contribution >= 0.6 is 12.2 Å². The summed E-state index contributed by atoms with van der Waals surface area (Å²) in [6.07, 6.45) is 3.29. The minimum Gasteiger partial charge on any atom is -0.389 e. The molecule has 3 rings (SSSR count). The minimum atomic E-state index is 0.401.